The number of methoxy groups -OCH3 is 1. The maximum absolute atomic E-state index is 5.56. The first-order valence-corrected chi connectivity index (χ1v) is 6.83. The van der Waals surface area contributed by atoms with Crippen molar-refractivity contribution >= 4 is 17.2 Å². The van der Waals surface area contributed by atoms with Gasteiger partial charge in [-0.1, -0.05) is 12.2 Å². The lowest BCUT2D eigenvalue weighted by Crippen LogP contribution is -2.31. The van der Waals surface area contributed by atoms with E-state index in [0.29, 0.717) is 24.1 Å². The highest BCUT2D eigenvalue weighted by atomic mass is 32.1. The average Bonchev–Trinajstić information content (AvgIpc) is 2.80. The molecule has 0 aliphatic carbocycles. The number of aromatic nitrogens is 3. The second-order valence-electron chi connectivity index (χ2n) is 4.70. The summed E-state index contributed by atoms with van der Waals surface area (Å²) in [5, 5.41) is 4.24. The lowest BCUT2D eigenvalue weighted by atomic mass is 10.3. The summed E-state index contributed by atoms with van der Waals surface area (Å²) in [6, 6.07) is 0.303. The van der Waals surface area contributed by atoms with E-state index in [-0.39, 0.29) is 0 Å². The van der Waals surface area contributed by atoms with Gasteiger partial charge in [-0.05, 0) is 13.8 Å². The molecule has 0 radical (unpaired) electrons. The minimum atomic E-state index is 0.303. The zero-order valence-corrected chi connectivity index (χ0v) is 12.7. The summed E-state index contributed by atoms with van der Waals surface area (Å²) in [5.41, 5.74) is 5.56. The molecule has 1 aromatic rings. The molecule has 0 saturated heterocycles. The van der Waals surface area contributed by atoms with Crippen molar-refractivity contribution in [2.75, 3.05) is 26.8 Å². The Morgan fingerprint density at radius 1 is 1.53 bits per heavy atom. The number of hydrogen-bond donors (Lipinski definition) is 1. The molecule has 6 nitrogen and oxygen atoms in total. The van der Waals surface area contributed by atoms with Gasteiger partial charge in [0.2, 0.25) is 0 Å². The van der Waals surface area contributed by atoms with Gasteiger partial charge in [-0.15, -0.1) is 0 Å². The normalized spacial score (nSPS) is 11.4. The van der Waals surface area contributed by atoms with Crippen LogP contribution < -0.4 is 5.73 Å². The Balaban J connectivity index is 2.64. The topological polar surface area (TPSA) is 69.2 Å². The van der Waals surface area contributed by atoms with Crippen molar-refractivity contribution in [1.29, 1.82) is 0 Å². The Hall–Kier alpha value is -1.05. The molecule has 0 unspecified atom stereocenters. The van der Waals surface area contributed by atoms with Gasteiger partial charge in [0.25, 0.3) is 0 Å². The van der Waals surface area contributed by atoms with Gasteiger partial charge in [0.05, 0.1) is 18.1 Å². The summed E-state index contributed by atoms with van der Waals surface area (Å²) < 4.78 is 7.06. The number of hydrogen-bond acceptors (Lipinski definition) is 5. The van der Waals surface area contributed by atoms with E-state index < -0.39 is 0 Å². The average molecular weight is 285 g/mol. The van der Waals surface area contributed by atoms with Gasteiger partial charge < -0.3 is 10.5 Å². The van der Waals surface area contributed by atoms with Crippen LogP contribution in [-0.4, -0.2) is 51.5 Å². The summed E-state index contributed by atoms with van der Waals surface area (Å²) in [5.74, 6) is 0.953. The van der Waals surface area contributed by atoms with Crippen LogP contribution in [0, 0.1) is 0 Å². The molecule has 0 atom stereocenters. The molecule has 0 aliphatic rings. The Labute approximate surface area is 119 Å². The Kier molecular flexibility index (Phi) is 6.90. The highest BCUT2D eigenvalue weighted by Gasteiger charge is 2.13. The Morgan fingerprint density at radius 3 is 2.84 bits per heavy atom. The van der Waals surface area contributed by atoms with Crippen molar-refractivity contribution in [3.05, 3.63) is 12.2 Å². The molecule has 1 rings (SSSR count). The third kappa shape index (κ3) is 5.63. The van der Waals surface area contributed by atoms with Crippen LogP contribution in [0.2, 0.25) is 0 Å². The predicted octanol–water partition coefficient (Wildman–Crippen LogP) is 0.984. The third-order valence-corrected chi connectivity index (χ3v) is 2.99. The van der Waals surface area contributed by atoms with Crippen molar-refractivity contribution in [3.63, 3.8) is 0 Å². The summed E-state index contributed by atoms with van der Waals surface area (Å²) in [4.78, 5) is 7.08. The second kappa shape index (κ2) is 8.19. The zero-order chi connectivity index (χ0) is 14.3. The molecule has 2 N–H and O–H groups in total. The van der Waals surface area contributed by atoms with Crippen molar-refractivity contribution in [1.82, 2.24) is 19.7 Å². The van der Waals surface area contributed by atoms with E-state index >= 15 is 0 Å². The molecule has 0 aliphatic heterocycles. The molecule has 108 valence electrons. The molecular formula is C12H23N5OS. The molecule has 0 saturated carbocycles. The van der Waals surface area contributed by atoms with E-state index in [2.05, 4.69) is 28.8 Å². The molecule has 0 spiro atoms. The summed E-state index contributed by atoms with van der Waals surface area (Å²) in [7, 11) is 1.70. The summed E-state index contributed by atoms with van der Waals surface area (Å²) >= 11 is 4.93. The predicted molar refractivity (Wildman–Crippen MR) is 79.0 cm³/mol. The van der Waals surface area contributed by atoms with Crippen LogP contribution in [-0.2, 0) is 11.3 Å². The first-order valence-electron chi connectivity index (χ1n) is 6.42. The van der Waals surface area contributed by atoms with Crippen LogP contribution in [0.15, 0.2) is 6.33 Å². The van der Waals surface area contributed by atoms with E-state index in [1.54, 1.807) is 13.4 Å². The van der Waals surface area contributed by atoms with Crippen LogP contribution in [0.4, 0.5) is 0 Å². The third-order valence-electron chi connectivity index (χ3n) is 2.79. The van der Waals surface area contributed by atoms with Crippen LogP contribution in [0.1, 0.15) is 32.1 Å². The van der Waals surface area contributed by atoms with Gasteiger partial charge in [-0.2, -0.15) is 5.10 Å². The standard InChI is InChI=1S/C12H23N5OS/c1-10(2)17-12(14-9-15-17)8-16(6-7-18-3)5-4-11(13)19/h9-10H,4-8H2,1-3H3,(H2,13,19). The van der Waals surface area contributed by atoms with E-state index in [0.717, 1.165) is 25.5 Å². The molecule has 1 heterocycles. The molecule has 0 bridgehead atoms. The lowest BCUT2D eigenvalue weighted by molar-refractivity contribution is 0.143. The van der Waals surface area contributed by atoms with Crippen molar-refractivity contribution in [2.45, 2.75) is 32.9 Å². The maximum atomic E-state index is 5.56. The monoisotopic (exact) mass is 285 g/mol. The smallest absolute Gasteiger partial charge is 0.141 e. The van der Waals surface area contributed by atoms with Crippen LogP contribution in [0.3, 0.4) is 0 Å². The largest absolute Gasteiger partial charge is 0.393 e. The van der Waals surface area contributed by atoms with Gasteiger partial charge in [0.15, 0.2) is 0 Å². The minimum absolute atomic E-state index is 0.303. The van der Waals surface area contributed by atoms with Crippen LogP contribution in [0.5, 0.6) is 0 Å². The zero-order valence-electron chi connectivity index (χ0n) is 11.9. The van der Waals surface area contributed by atoms with Gasteiger partial charge in [-0.3, -0.25) is 4.90 Å². The van der Waals surface area contributed by atoms with Gasteiger partial charge in [-0.25, -0.2) is 9.67 Å². The summed E-state index contributed by atoms with van der Waals surface area (Å²) in [6.07, 6.45) is 2.30. The van der Waals surface area contributed by atoms with Crippen molar-refractivity contribution in [3.8, 4) is 0 Å². The van der Waals surface area contributed by atoms with Crippen molar-refractivity contribution < 1.29 is 4.74 Å². The maximum Gasteiger partial charge on any atom is 0.141 e. The van der Waals surface area contributed by atoms with Gasteiger partial charge >= 0.3 is 0 Å². The van der Waals surface area contributed by atoms with Gasteiger partial charge in [0.1, 0.15) is 12.2 Å². The fraction of sp³-hybridized carbons (Fsp3) is 0.750. The quantitative estimate of drug-likeness (QED) is 0.682. The number of rotatable bonds is 9. The minimum Gasteiger partial charge on any atom is -0.393 e. The number of thiocarbonyl (C=S) groups is 1. The van der Waals surface area contributed by atoms with E-state index in [1.165, 1.54) is 0 Å². The molecular weight excluding hydrogens is 262 g/mol. The lowest BCUT2D eigenvalue weighted by Gasteiger charge is -2.22. The molecule has 1 aromatic heterocycles. The molecule has 0 amide bonds. The second-order valence-corrected chi connectivity index (χ2v) is 5.22. The number of ether oxygens (including phenoxy) is 1. The first kappa shape index (κ1) is 16.0. The molecule has 0 aromatic carbocycles. The van der Waals surface area contributed by atoms with Gasteiger partial charge in [0, 0.05) is 32.7 Å². The SMILES string of the molecule is COCCN(CCC(N)=S)Cc1ncnn1C(C)C. The summed E-state index contributed by atoms with van der Waals surface area (Å²) in [6.45, 7) is 7.21. The number of nitrogens with zero attached hydrogens (tertiary/aromatic N) is 4. The first-order chi connectivity index (χ1) is 9.04. The van der Waals surface area contributed by atoms with E-state index in [9.17, 15) is 0 Å². The highest BCUT2D eigenvalue weighted by molar-refractivity contribution is 7.80. The van der Waals surface area contributed by atoms with Crippen LogP contribution in [0.25, 0.3) is 0 Å². The molecule has 19 heavy (non-hydrogen) atoms. The molecule has 7 heteroatoms. The fourth-order valence-corrected chi connectivity index (χ4v) is 1.87. The molecule has 0 fully saturated rings. The Morgan fingerprint density at radius 2 is 2.26 bits per heavy atom. The highest BCUT2D eigenvalue weighted by Crippen LogP contribution is 2.08. The van der Waals surface area contributed by atoms with E-state index in [4.69, 9.17) is 22.7 Å². The Bertz CT molecular complexity index is 393. The van der Waals surface area contributed by atoms with Crippen LogP contribution >= 0.6 is 12.2 Å². The van der Waals surface area contributed by atoms with E-state index in [1.807, 2.05) is 4.68 Å². The van der Waals surface area contributed by atoms with Crippen molar-refractivity contribution in [2.24, 2.45) is 5.73 Å². The number of nitrogens with two attached hydrogens (primary N) is 1. The fourth-order valence-electron chi connectivity index (χ4n) is 1.78.